The zero-order valence-electron chi connectivity index (χ0n) is 6.00. The van der Waals surface area contributed by atoms with E-state index >= 15 is 0 Å². The standard InChI is InChI=1S/C7H10N2O/c1-6(10)9-5-3-4-7(9)8-2/h7H,3-5H2,1H3/t7-/m0/s1. The average molecular weight is 138 g/mol. The van der Waals surface area contributed by atoms with E-state index in [4.69, 9.17) is 6.57 Å². The van der Waals surface area contributed by atoms with Gasteiger partial charge in [-0.2, -0.15) is 0 Å². The zero-order chi connectivity index (χ0) is 7.56. The summed E-state index contributed by atoms with van der Waals surface area (Å²) in [6.07, 6.45) is 1.66. The first-order valence-corrected chi connectivity index (χ1v) is 3.39. The molecule has 0 aromatic carbocycles. The molecule has 0 bridgehead atoms. The van der Waals surface area contributed by atoms with Crippen molar-refractivity contribution >= 4 is 5.91 Å². The molecule has 0 radical (unpaired) electrons. The number of nitrogens with zero attached hydrogens (tertiary/aromatic N) is 2. The molecule has 0 aromatic heterocycles. The van der Waals surface area contributed by atoms with Crippen molar-refractivity contribution < 1.29 is 4.79 Å². The summed E-state index contributed by atoms with van der Waals surface area (Å²) in [4.78, 5) is 15.8. The van der Waals surface area contributed by atoms with Gasteiger partial charge >= 0.3 is 6.17 Å². The predicted octanol–water partition coefficient (Wildman–Crippen LogP) is 0.874. The van der Waals surface area contributed by atoms with Crippen molar-refractivity contribution in [3.63, 3.8) is 0 Å². The van der Waals surface area contributed by atoms with Gasteiger partial charge < -0.3 is 0 Å². The highest BCUT2D eigenvalue weighted by molar-refractivity contribution is 5.74. The maximum Gasteiger partial charge on any atom is 0.300 e. The van der Waals surface area contributed by atoms with Crippen LogP contribution in [0.1, 0.15) is 19.8 Å². The Morgan fingerprint density at radius 1 is 1.80 bits per heavy atom. The second-order valence-electron chi connectivity index (χ2n) is 2.46. The minimum absolute atomic E-state index is 0.0264. The van der Waals surface area contributed by atoms with Gasteiger partial charge in [0.1, 0.15) is 0 Å². The van der Waals surface area contributed by atoms with Crippen LogP contribution < -0.4 is 0 Å². The lowest BCUT2D eigenvalue weighted by Crippen LogP contribution is -2.31. The molecule has 1 heterocycles. The van der Waals surface area contributed by atoms with Crippen LogP contribution in [0.15, 0.2) is 0 Å². The van der Waals surface area contributed by atoms with E-state index in [1.165, 1.54) is 6.92 Å². The van der Waals surface area contributed by atoms with Gasteiger partial charge in [0.05, 0.1) is 0 Å². The Labute approximate surface area is 60.4 Å². The first kappa shape index (κ1) is 7.07. The van der Waals surface area contributed by atoms with Gasteiger partial charge in [-0.05, 0) is 6.42 Å². The van der Waals surface area contributed by atoms with Crippen LogP contribution in [-0.2, 0) is 4.79 Å². The molecule has 10 heavy (non-hydrogen) atoms. The summed E-state index contributed by atoms with van der Waals surface area (Å²) in [7, 11) is 0. The normalized spacial score (nSPS) is 24.4. The van der Waals surface area contributed by atoms with Crippen LogP contribution >= 0.6 is 0 Å². The fraction of sp³-hybridized carbons (Fsp3) is 0.714. The Kier molecular flexibility index (Phi) is 1.91. The lowest BCUT2D eigenvalue weighted by Gasteiger charge is -2.12. The predicted molar refractivity (Wildman–Crippen MR) is 37.0 cm³/mol. The Morgan fingerprint density at radius 2 is 2.50 bits per heavy atom. The number of carbonyl (C=O) groups is 1. The van der Waals surface area contributed by atoms with E-state index in [0.717, 1.165) is 19.4 Å². The summed E-state index contributed by atoms with van der Waals surface area (Å²) in [6, 6.07) is 0. The molecule has 0 spiro atoms. The number of likely N-dealkylation sites (tertiary alicyclic amines) is 1. The third-order valence-electron chi connectivity index (χ3n) is 1.77. The molecule has 0 N–H and O–H groups in total. The Morgan fingerprint density at radius 3 is 2.90 bits per heavy atom. The molecule has 1 rings (SSSR count). The lowest BCUT2D eigenvalue weighted by atomic mass is 10.3. The molecule has 1 aliphatic heterocycles. The van der Waals surface area contributed by atoms with Crippen molar-refractivity contribution in [3.05, 3.63) is 11.4 Å². The molecule has 1 saturated heterocycles. The molecule has 3 heteroatoms. The second-order valence-corrected chi connectivity index (χ2v) is 2.46. The largest absolute Gasteiger partial charge is 0.300 e. The first-order chi connectivity index (χ1) is 4.75. The van der Waals surface area contributed by atoms with Gasteiger partial charge in [0.25, 0.3) is 0 Å². The van der Waals surface area contributed by atoms with Gasteiger partial charge in [0.15, 0.2) is 0 Å². The summed E-state index contributed by atoms with van der Waals surface area (Å²) in [5, 5.41) is 0. The number of hydrogen-bond donors (Lipinski definition) is 0. The zero-order valence-corrected chi connectivity index (χ0v) is 6.00. The first-order valence-electron chi connectivity index (χ1n) is 3.39. The highest BCUT2D eigenvalue weighted by Crippen LogP contribution is 2.17. The summed E-state index contributed by atoms with van der Waals surface area (Å²) in [5.74, 6) is 0.0264. The summed E-state index contributed by atoms with van der Waals surface area (Å²) < 4.78 is 0. The lowest BCUT2D eigenvalue weighted by molar-refractivity contribution is -0.128. The van der Waals surface area contributed by atoms with E-state index < -0.39 is 0 Å². The average Bonchev–Trinajstić information content (AvgIpc) is 2.33. The van der Waals surface area contributed by atoms with Crippen LogP contribution in [0.5, 0.6) is 0 Å². The van der Waals surface area contributed by atoms with Gasteiger partial charge in [-0.1, -0.05) is 0 Å². The van der Waals surface area contributed by atoms with Crippen LogP contribution in [0.4, 0.5) is 0 Å². The van der Waals surface area contributed by atoms with E-state index in [2.05, 4.69) is 4.85 Å². The van der Waals surface area contributed by atoms with Crippen LogP contribution in [-0.4, -0.2) is 23.5 Å². The highest BCUT2D eigenvalue weighted by atomic mass is 16.2. The number of amides is 1. The monoisotopic (exact) mass is 138 g/mol. The topological polar surface area (TPSA) is 24.7 Å². The Hall–Kier alpha value is -1.04. The van der Waals surface area contributed by atoms with Crippen LogP contribution in [0.3, 0.4) is 0 Å². The SMILES string of the molecule is [C-]#[N+][C@@H]1CCCN1C(C)=O. The van der Waals surface area contributed by atoms with E-state index in [1.54, 1.807) is 4.90 Å². The van der Waals surface area contributed by atoms with E-state index in [1.807, 2.05) is 0 Å². The number of hydrogen-bond acceptors (Lipinski definition) is 1. The fourth-order valence-corrected chi connectivity index (χ4v) is 1.25. The number of rotatable bonds is 0. The molecule has 1 aliphatic rings. The van der Waals surface area contributed by atoms with Crippen molar-refractivity contribution in [3.8, 4) is 0 Å². The van der Waals surface area contributed by atoms with Crippen molar-refractivity contribution in [2.75, 3.05) is 6.54 Å². The molecule has 0 aromatic rings. The van der Waals surface area contributed by atoms with E-state index in [0.29, 0.717) is 0 Å². The van der Waals surface area contributed by atoms with Crippen LogP contribution in [0, 0.1) is 6.57 Å². The highest BCUT2D eigenvalue weighted by Gasteiger charge is 2.30. The second kappa shape index (κ2) is 2.70. The summed E-state index contributed by atoms with van der Waals surface area (Å²) in [6.45, 7) is 9.04. The van der Waals surface area contributed by atoms with E-state index in [9.17, 15) is 4.79 Å². The number of carbonyl (C=O) groups excluding carboxylic acids is 1. The van der Waals surface area contributed by atoms with Gasteiger partial charge in [-0.25, -0.2) is 6.57 Å². The molecule has 0 unspecified atom stereocenters. The Bertz CT molecular complexity index is 183. The summed E-state index contributed by atoms with van der Waals surface area (Å²) >= 11 is 0. The minimum Gasteiger partial charge on any atom is -0.290 e. The van der Waals surface area contributed by atoms with Gasteiger partial charge in [0.2, 0.25) is 5.91 Å². The minimum atomic E-state index is -0.169. The quantitative estimate of drug-likeness (QED) is 0.456. The molecule has 3 nitrogen and oxygen atoms in total. The fourth-order valence-electron chi connectivity index (χ4n) is 1.25. The smallest absolute Gasteiger partial charge is 0.290 e. The van der Waals surface area contributed by atoms with Crippen molar-refractivity contribution in [2.45, 2.75) is 25.9 Å². The molecule has 1 atom stereocenters. The molecule has 54 valence electrons. The molecule has 1 amide bonds. The van der Waals surface area contributed by atoms with Crippen molar-refractivity contribution in [1.82, 2.24) is 4.90 Å². The molecule has 0 aliphatic carbocycles. The molecular weight excluding hydrogens is 128 g/mol. The van der Waals surface area contributed by atoms with E-state index in [-0.39, 0.29) is 12.1 Å². The van der Waals surface area contributed by atoms with Gasteiger partial charge in [-0.15, -0.1) is 0 Å². The maximum absolute atomic E-state index is 10.8. The Balaban J connectivity index is 2.61. The molecule has 1 fully saturated rings. The van der Waals surface area contributed by atoms with Gasteiger partial charge in [0, 0.05) is 19.9 Å². The molecule has 0 saturated carbocycles. The van der Waals surface area contributed by atoms with Crippen molar-refractivity contribution in [1.29, 1.82) is 0 Å². The molecular formula is C7H10N2O. The van der Waals surface area contributed by atoms with Gasteiger partial charge in [-0.3, -0.25) is 14.5 Å². The van der Waals surface area contributed by atoms with Crippen LogP contribution in [0.25, 0.3) is 4.85 Å². The third kappa shape index (κ3) is 1.10. The van der Waals surface area contributed by atoms with Crippen LogP contribution in [0.2, 0.25) is 0 Å². The van der Waals surface area contributed by atoms with Crippen molar-refractivity contribution in [2.24, 2.45) is 0 Å². The third-order valence-corrected chi connectivity index (χ3v) is 1.77. The summed E-state index contributed by atoms with van der Waals surface area (Å²) in [5.41, 5.74) is 0. The maximum atomic E-state index is 10.8.